The van der Waals surface area contributed by atoms with E-state index in [1.165, 1.54) is 11.1 Å². The van der Waals surface area contributed by atoms with Crippen molar-refractivity contribution in [3.05, 3.63) is 47.9 Å². The molecule has 0 fully saturated rings. The van der Waals surface area contributed by atoms with Crippen molar-refractivity contribution in [3.63, 3.8) is 0 Å². The number of benzene rings is 1. The van der Waals surface area contributed by atoms with Crippen LogP contribution >= 0.6 is 11.8 Å². The topological polar surface area (TPSA) is 52.0 Å². The standard InChI is InChI=1S/C12H12N2OS/c13-11-9-4-2-1-3-8(9)7-10(11)16-12-14-5-6-15-12/h1-6,10-11H,7,13H2. The Balaban J connectivity index is 1.82. The van der Waals surface area contributed by atoms with Crippen molar-refractivity contribution in [2.24, 2.45) is 5.73 Å². The quantitative estimate of drug-likeness (QED) is 0.863. The van der Waals surface area contributed by atoms with Gasteiger partial charge >= 0.3 is 0 Å². The van der Waals surface area contributed by atoms with Gasteiger partial charge in [-0.2, -0.15) is 0 Å². The summed E-state index contributed by atoms with van der Waals surface area (Å²) in [6.45, 7) is 0. The summed E-state index contributed by atoms with van der Waals surface area (Å²) in [5, 5.41) is 1.03. The third-order valence-corrected chi connectivity index (χ3v) is 4.06. The second-order valence-electron chi connectivity index (χ2n) is 3.88. The van der Waals surface area contributed by atoms with Gasteiger partial charge in [-0.05, 0) is 17.5 Å². The van der Waals surface area contributed by atoms with E-state index in [0.717, 1.165) is 6.42 Å². The minimum atomic E-state index is 0.0769. The molecule has 0 aliphatic heterocycles. The molecule has 3 nitrogen and oxygen atoms in total. The highest BCUT2D eigenvalue weighted by molar-refractivity contribution is 7.99. The zero-order valence-electron chi connectivity index (χ0n) is 8.67. The smallest absolute Gasteiger partial charge is 0.255 e. The van der Waals surface area contributed by atoms with Crippen molar-refractivity contribution in [2.75, 3.05) is 0 Å². The number of thioether (sulfide) groups is 1. The van der Waals surface area contributed by atoms with Gasteiger partial charge in [0, 0.05) is 11.3 Å². The molecule has 3 rings (SSSR count). The van der Waals surface area contributed by atoms with Crippen molar-refractivity contribution in [3.8, 4) is 0 Å². The summed E-state index contributed by atoms with van der Waals surface area (Å²) in [7, 11) is 0. The first-order valence-electron chi connectivity index (χ1n) is 5.24. The average Bonchev–Trinajstić information content (AvgIpc) is 2.90. The maximum atomic E-state index is 6.22. The van der Waals surface area contributed by atoms with Gasteiger partial charge in [0.15, 0.2) is 0 Å². The Morgan fingerprint density at radius 2 is 2.25 bits per heavy atom. The van der Waals surface area contributed by atoms with Crippen LogP contribution in [0, 0.1) is 0 Å². The third-order valence-electron chi connectivity index (χ3n) is 2.90. The molecule has 16 heavy (non-hydrogen) atoms. The van der Waals surface area contributed by atoms with E-state index in [1.54, 1.807) is 24.2 Å². The van der Waals surface area contributed by atoms with E-state index >= 15 is 0 Å². The van der Waals surface area contributed by atoms with Crippen LogP contribution < -0.4 is 5.73 Å². The van der Waals surface area contributed by atoms with Gasteiger partial charge in [-0.1, -0.05) is 36.0 Å². The van der Waals surface area contributed by atoms with Crippen LogP contribution in [0.4, 0.5) is 0 Å². The van der Waals surface area contributed by atoms with Crippen molar-refractivity contribution < 1.29 is 4.42 Å². The Kier molecular flexibility index (Phi) is 2.46. The highest BCUT2D eigenvalue weighted by atomic mass is 32.2. The van der Waals surface area contributed by atoms with Crippen molar-refractivity contribution in [1.82, 2.24) is 4.98 Å². The van der Waals surface area contributed by atoms with Crippen LogP contribution in [0.5, 0.6) is 0 Å². The lowest BCUT2D eigenvalue weighted by Crippen LogP contribution is -2.18. The van der Waals surface area contributed by atoms with E-state index < -0.39 is 0 Å². The van der Waals surface area contributed by atoms with Gasteiger partial charge in [0.25, 0.3) is 5.22 Å². The number of oxazole rings is 1. The largest absolute Gasteiger partial charge is 0.440 e. The predicted molar refractivity (Wildman–Crippen MR) is 63.2 cm³/mol. The summed E-state index contributed by atoms with van der Waals surface area (Å²) in [5.74, 6) is 0. The van der Waals surface area contributed by atoms with Gasteiger partial charge in [0.05, 0.1) is 6.20 Å². The molecule has 1 aliphatic rings. The number of aromatic nitrogens is 1. The first-order chi connectivity index (χ1) is 7.84. The van der Waals surface area contributed by atoms with Crippen molar-refractivity contribution in [2.45, 2.75) is 22.9 Å². The monoisotopic (exact) mass is 232 g/mol. The number of nitrogens with zero attached hydrogens (tertiary/aromatic N) is 1. The third kappa shape index (κ3) is 1.64. The van der Waals surface area contributed by atoms with E-state index in [9.17, 15) is 0 Å². The predicted octanol–water partition coefficient (Wildman–Crippen LogP) is 2.39. The number of fused-ring (bicyclic) bond motifs is 1. The summed E-state index contributed by atoms with van der Waals surface area (Å²) >= 11 is 1.62. The van der Waals surface area contributed by atoms with Gasteiger partial charge < -0.3 is 10.2 Å². The first-order valence-corrected chi connectivity index (χ1v) is 6.12. The molecular weight excluding hydrogens is 220 g/mol. The number of rotatable bonds is 2. The van der Waals surface area contributed by atoms with E-state index in [0.29, 0.717) is 10.5 Å². The minimum absolute atomic E-state index is 0.0769. The molecule has 4 heteroatoms. The Morgan fingerprint density at radius 1 is 1.38 bits per heavy atom. The van der Waals surface area contributed by atoms with Crippen LogP contribution in [0.25, 0.3) is 0 Å². The summed E-state index contributed by atoms with van der Waals surface area (Å²) in [6, 6.07) is 8.43. The molecule has 0 bridgehead atoms. The van der Waals surface area contributed by atoms with Crippen LogP contribution in [-0.4, -0.2) is 10.2 Å². The first kappa shape index (κ1) is 9.93. The fraction of sp³-hybridized carbons (Fsp3) is 0.250. The second-order valence-corrected chi connectivity index (χ2v) is 5.07. The van der Waals surface area contributed by atoms with Crippen molar-refractivity contribution >= 4 is 11.8 Å². The molecule has 1 aromatic carbocycles. The fourth-order valence-electron chi connectivity index (χ4n) is 2.10. The van der Waals surface area contributed by atoms with Crippen LogP contribution in [0.15, 0.2) is 46.4 Å². The minimum Gasteiger partial charge on any atom is -0.440 e. The Bertz CT molecular complexity index is 482. The van der Waals surface area contributed by atoms with Gasteiger partial charge in [-0.25, -0.2) is 4.98 Å². The van der Waals surface area contributed by atoms with E-state index in [-0.39, 0.29) is 6.04 Å². The summed E-state index contributed by atoms with van der Waals surface area (Å²) < 4.78 is 5.24. The van der Waals surface area contributed by atoms with Crippen LogP contribution in [0.3, 0.4) is 0 Å². The zero-order valence-corrected chi connectivity index (χ0v) is 9.48. The Labute approximate surface area is 98.1 Å². The molecule has 0 spiro atoms. The normalized spacial score (nSPS) is 23.3. The second kappa shape index (κ2) is 3.96. The molecule has 1 heterocycles. The molecule has 2 atom stereocenters. The van der Waals surface area contributed by atoms with Gasteiger partial charge in [-0.3, -0.25) is 0 Å². The lowest BCUT2D eigenvalue weighted by atomic mass is 10.1. The van der Waals surface area contributed by atoms with E-state index in [4.69, 9.17) is 10.2 Å². The maximum absolute atomic E-state index is 6.22. The summed E-state index contributed by atoms with van der Waals surface area (Å²) in [5.41, 5.74) is 8.82. The Morgan fingerprint density at radius 3 is 3.00 bits per heavy atom. The van der Waals surface area contributed by atoms with Crippen molar-refractivity contribution in [1.29, 1.82) is 0 Å². The molecule has 0 radical (unpaired) electrons. The molecule has 0 amide bonds. The Hall–Kier alpha value is -1.26. The zero-order chi connectivity index (χ0) is 11.0. The van der Waals surface area contributed by atoms with Gasteiger partial charge in [0.1, 0.15) is 6.26 Å². The number of hydrogen-bond donors (Lipinski definition) is 1. The molecular formula is C12H12N2OS. The van der Waals surface area contributed by atoms with Crippen LogP contribution in [0.1, 0.15) is 17.2 Å². The molecule has 1 aliphatic carbocycles. The number of nitrogens with two attached hydrogens (primary N) is 1. The average molecular weight is 232 g/mol. The maximum Gasteiger partial charge on any atom is 0.255 e. The molecule has 2 N–H and O–H groups in total. The van der Waals surface area contributed by atoms with Crippen LogP contribution in [-0.2, 0) is 6.42 Å². The summed E-state index contributed by atoms with van der Waals surface area (Å²) in [6.07, 6.45) is 4.25. The molecule has 0 saturated carbocycles. The lowest BCUT2D eigenvalue weighted by Gasteiger charge is -2.12. The lowest BCUT2D eigenvalue weighted by molar-refractivity contribution is 0.452. The SMILES string of the molecule is NC1c2ccccc2CC1Sc1ncco1. The molecule has 1 aromatic heterocycles. The number of hydrogen-bond acceptors (Lipinski definition) is 4. The van der Waals surface area contributed by atoms with Gasteiger partial charge in [0.2, 0.25) is 0 Å². The van der Waals surface area contributed by atoms with E-state index in [2.05, 4.69) is 23.2 Å². The fourth-order valence-corrected chi connectivity index (χ4v) is 3.15. The molecule has 0 saturated heterocycles. The van der Waals surface area contributed by atoms with Crippen LogP contribution in [0.2, 0.25) is 0 Å². The molecule has 82 valence electrons. The highest BCUT2D eigenvalue weighted by Crippen LogP contribution is 2.39. The summed E-state index contributed by atoms with van der Waals surface area (Å²) in [4.78, 5) is 4.12. The molecule has 2 aromatic rings. The van der Waals surface area contributed by atoms with E-state index in [1.807, 2.05) is 6.07 Å². The highest BCUT2D eigenvalue weighted by Gasteiger charge is 2.30. The van der Waals surface area contributed by atoms with Gasteiger partial charge in [-0.15, -0.1) is 0 Å². The molecule has 2 unspecified atom stereocenters.